The Morgan fingerprint density at radius 2 is 1.71 bits per heavy atom. The standard InChI is InChI=1S/C10H10F3N3O/c1-15-9(17)7-4-2-6(3-5-7)8(16-14)10(11,12)13/h2-5H,14H2,1H3,(H,15,17). The molecule has 1 rings (SSSR count). The van der Waals surface area contributed by atoms with Crippen LogP contribution in [0.3, 0.4) is 0 Å². The lowest BCUT2D eigenvalue weighted by Gasteiger charge is -2.09. The third-order valence-electron chi connectivity index (χ3n) is 2.05. The van der Waals surface area contributed by atoms with E-state index in [9.17, 15) is 18.0 Å². The van der Waals surface area contributed by atoms with Gasteiger partial charge in [0.25, 0.3) is 5.91 Å². The van der Waals surface area contributed by atoms with E-state index in [2.05, 4.69) is 10.4 Å². The van der Waals surface area contributed by atoms with Crippen LogP contribution in [0.1, 0.15) is 15.9 Å². The summed E-state index contributed by atoms with van der Waals surface area (Å²) in [6.45, 7) is 0. The number of rotatable bonds is 2. The van der Waals surface area contributed by atoms with Gasteiger partial charge < -0.3 is 11.2 Å². The normalized spacial score (nSPS) is 12.4. The number of nitrogens with one attached hydrogen (secondary N) is 1. The zero-order valence-corrected chi connectivity index (χ0v) is 8.88. The molecule has 3 N–H and O–H groups in total. The van der Waals surface area contributed by atoms with Crippen LogP contribution >= 0.6 is 0 Å². The van der Waals surface area contributed by atoms with Crippen LogP contribution in [0.15, 0.2) is 29.4 Å². The molecule has 0 saturated heterocycles. The molecule has 7 heteroatoms. The average molecular weight is 245 g/mol. The minimum absolute atomic E-state index is 0.187. The Kier molecular flexibility index (Phi) is 3.72. The highest BCUT2D eigenvalue weighted by molar-refractivity contribution is 6.05. The summed E-state index contributed by atoms with van der Waals surface area (Å²) in [6.07, 6.45) is -4.62. The number of carbonyl (C=O) groups excluding carboxylic acids is 1. The highest BCUT2D eigenvalue weighted by Crippen LogP contribution is 2.22. The second-order valence-electron chi connectivity index (χ2n) is 3.13. The zero-order chi connectivity index (χ0) is 13.1. The van der Waals surface area contributed by atoms with Gasteiger partial charge in [-0.25, -0.2) is 0 Å². The van der Waals surface area contributed by atoms with Crippen LogP contribution in [0.5, 0.6) is 0 Å². The highest BCUT2D eigenvalue weighted by atomic mass is 19.4. The fourth-order valence-corrected chi connectivity index (χ4v) is 1.24. The SMILES string of the molecule is CNC(=O)c1ccc(C(=NN)C(F)(F)F)cc1. The molecule has 4 nitrogen and oxygen atoms in total. The Hall–Kier alpha value is -2.05. The number of hydrazone groups is 1. The molecule has 0 fully saturated rings. The van der Waals surface area contributed by atoms with E-state index in [-0.39, 0.29) is 17.0 Å². The maximum absolute atomic E-state index is 12.4. The van der Waals surface area contributed by atoms with Gasteiger partial charge in [0, 0.05) is 18.2 Å². The molecule has 17 heavy (non-hydrogen) atoms. The van der Waals surface area contributed by atoms with E-state index >= 15 is 0 Å². The molecular weight excluding hydrogens is 235 g/mol. The minimum Gasteiger partial charge on any atom is -0.355 e. The third kappa shape index (κ3) is 2.96. The van der Waals surface area contributed by atoms with Crippen molar-refractivity contribution in [2.24, 2.45) is 10.9 Å². The lowest BCUT2D eigenvalue weighted by atomic mass is 10.1. The lowest BCUT2D eigenvalue weighted by Crippen LogP contribution is -2.25. The minimum atomic E-state index is -4.62. The molecule has 1 aromatic carbocycles. The number of carbonyl (C=O) groups is 1. The first-order valence-corrected chi connectivity index (χ1v) is 4.57. The molecule has 0 aromatic heterocycles. The molecule has 0 aliphatic rings. The topological polar surface area (TPSA) is 67.5 Å². The van der Waals surface area contributed by atoms with E-state index in [0.29, 0.717) is 0 Å². The fourth-order valence-electron chi connectivity index (χ4n) is 1.24. The van der Waals surface area contributed by atoms with Gasteiger partial charge in [0.05, 0.1) is 0 Å². The Morgan fingerprint density at radius 3 is 2.06 bits per heavy atom. The fraction of sp³-hybridized carbons (Fsp3) is 0.200. The summed E-state index contributed by atoms with van der Waals surface area (Å²) in [5, 5.41) is 5.07. The van der Waals surface area contributed by atoms with Gasteiger partial charge >= 0.3 is 6.18 Å². The van der Waals surface area contributed by atoms with E-state index in [1.165, 1.54) is 19.2 Å². The smallest absolute Gasteiger partial charge is 0.355 e. The average Bonchev–Trinajstić information content (AvgIpc) is 2.28. The van der Waals surface area contributed by atoms with Gasteiger partial charge in [0.15, 0.2) is 5.71 Å². The molecule has 1 amide bonds. The molecule has 0 spiro atoms. The van der Waals surface area contributed by atoms with Crippen molar-refractivity contribution in [3.8, 4) is 0 Å². The van der Waals surface area contributed by atoms with Crippen LogP contribution in [0.25, 0.3) is 0 Å². The monoisotopic (exact) mass is 245 g/mol. The van der Waals surface area contributed by atoms with E-state index in [1.54, 1.807) is 0 Å². The van der Waals surface area contributed by atoms with Crippen molar-refractivity contribution in [3.05, 3.63) is 35.4 Å². The van der Waals surface area contributed by atoms with Gasteiger partial charge in [0.2, 0.25) is 0 Å². The number of hydrogen-bond acceptors (Lipinski definition) is 3. The molecule has 1 aromatic rings. The number of hydrogen-bond donors (Lipinski definition) is 2. The van der Waals surface area contributed by atoms with Gasteiger partial charge in [0.1, 0.15) is 0 Å². The molecule has 0 saturated carbocycles. The van der Waals surface area contributed by atoms with Crippen LogP contribution < -0.4 is 11.2 Å². The highest BCUT2D eigenvalue weighted by Gasteiger charge is 2.36. The molecule has 0 radical (unpaired) electrons. The first kappa shape index (κ1) is 13.0. The Balaban J connectivity index is 3.06. The van der Waals surface area contributed by atoms with Crippen molar-refractivity contribution in [1.82, 2.24) is 5.32 Å². The van der Waals surface area contributed by atoms with Gasteiger partial charge in [-0.05, 0) is 12.1 Å². The zero-order valence-electron chi connectivity index (χ0n) is 8.88. The molecule has 0 aliphatic heterocycles. The molecule has 0 heterocycles. The van der Waals surface area contributed by atoms with Crippen LogP contribution in [0.2, 0.25) is 0 Å². The summed E-state index contributed by atoms with van der Waals surface area (Å²) in [6, 6.07) is 4.82. The summed E-state index contributed by atoms with van der Waals surface area (Å²) in [5.41, 5.74) is -1.11. The molecule has 0 atom stereocenters. The quantitative estimate of drug-likeness (QED) is 0.468. The predicted molar refractivity (Wildman–Crippen MR) is 56.6 cm³/mol. The van der Waals surface area contributed by atoms with Crippen LogP contribution in [0, 0.1) is 0 Å². The largest absolute Gasteiger partial charge is 0.435 e. The van der Waals surface area contributed by atoms with Crippen molar-refractivity contribution in [2.45, 2.75) is 6.18 Å². The van der Waals surface area contributed by atoms with Gasteiger partial charge in [-0.3, -0.25) is 4.79 Å². The number of nitrogens with two attached hydrogens (primary N) is 1. The van der Waals surface area contributed by atoms with Gasteiger partial charge in [-0.15, -0.1) is 0 Å². The van der Waals surface area contributed by atoms with Crippen molar-refractivity contribution in [1.29, 1.82) is 0 Å². The predicted octanol–water partition coefficient (Wildman–Crippen LogP) is 1.27. The van der Waals surface area contributed by atoms with Crippen LogP contribution in [-0.4, -0.2) is 24.8 Å². The van der Waals surface area contributed by atoms with Crippen LogP contribution in [-0.2, 0) is 0 Å². The van der Waals surface area contributed by atoms with Crippen LogP contribution in [0.4, 0.5) is 13.2 Å². The first-order valence-electron chi connectivity index (χ1n) is 4.57. The maximum Gasteiger partial charge on any atom is 0.435 e. The summed E-state index contributed by atoms with van der Waals surface area (Å²) >= 11 is 0. The summed E-state index contributed by atoms with van der Waals surface area (Å²) in [5.74, 6) is 4.32. The molecular formula is C10H10F3N3O. The number of nitrogens with zero attached hydrogens (tertiary/aromatic N) is 1. The molecule has 0 bridgehead atoms. The van der Waals surface area contributed by atoms with Gasteiger partial charge in [-0.1, -0.05) is 12.1 Å². The summed E-state index contributed by atoms with van der Waals surface area (Å²) < 4.78 is 37.3. The number of benzene rings is 1. The second-order valence-corrected chi connectivity index (χ2v) is 3.13. The lowest BCUT2D eigenvalue weighted by molar-refractivity contribution is -0.0582. The van der Waals surface area contributed by atoms with E-state index in [4.69, 9.17) is 5.84 Å². The number of amides is 1. The number of alkyl halides is 3. The Bertz CT molecular complexity index is 437. The first-order chi connectivity index (χ1) is 7.90. The van der Waals surface area contributed by atoms with Crippen molar-refractivity contribution in [3.63, 3.8) is 0 Å². The van der Waals surface area contributed by atoms with Crippen molar-refractivity contribution in [2.75, 3.05) is 7.05 Å². The molecule has 92 valence electrons. The Morgan fingerprint density at radius 1 is 1.24 bits per heavy atom. The summed E-state index contributed by atoms with van der Waals surface area (Å²) in [7, 11) is 1.43. The third-order valence-corrected chi connectivity index (χ3v) is 2.05. The summed E-state index contributed by atoms with van der Waals surface area (Å²) in [4.78, 5) is 11.2. The van der Waals surface area contributed by atoms with E-state index < -0.39 is 11.9 Å². The number of halogens is 3. The molecule has 0 aliphatic carbocycles. The maximum atomic E-state index is 12.4. The van der Waals surface area contributed by atoms with E-state index in [0.717, 1.165) is 12.1 Å². The van der Waals surface area contributed by atoms with Crippen molar-refractivity contribution < 1.29 is 18.0 Å². The van der Waals surface area contributed by atoms with Crippen molar-refractivity contribution >= 4 is 11.6 Å². The second kappa shape index (κ2) is 4.86. The van der Waals surface area contributed by atoms with Gasteiger partial charge in [-0.2, -0.15) is 18.3 Å². The molecule has 0 unspecified atom stereocenters. The van der Waals surface area contributed by atoms with E-state index in [1.807, 2.05) is 0 Å². The Labute approximate surface area is 95.3 Å².